The van der Waals surface area contributed by atoms with Crippen LogP contribution in [0.2, 0.25) is 0 Å². The molecule has 0 atom stereocenters. The molecule has 0 saturated carbocycles. The Hall–Kier alpha value is 1.25. The second kappa shape index (κ2) is 5.39. The molecule has 0 aliphatic carbocycles. The molecule has 48 valence electrons. The van der Waals surface area contributed by atoms with E-state index in [-0.39, 0.29) is 37.8 Å². The molecule has 0 rings (SSSR count). The van der Waals surface area contributed by atoms with Crippen LogP contribution in [0.4, 0.5) is 0 Å². The van der Waals surface area contributed by atoms with Crippen LogP contribution in [0.5, 0.6) is 0 Å². The fourth-order valence-corrected chi connectivity index (χ4v) is 0. The van der Waals surface area contributed by atoms with Gasteiger partial charge in [0, 0.05) is 20.4 Å². The van der Waals surface area contributed by atoms with Crippen LogP contribution < -0.4 is 0 Å². The zero-order chi connectivity index (χ0) is 4.50. The average molecular weight is 233 g/mol. The van der Waals surface area contributed by atoms with Gasteiger partial charge in [-0.25, -0.2) is 0 Å². The van der Waals surface area contributed by atoms with Crippen molar-refractivity contribution < 1.29 is 39.6 Å². The van der Waals surface area contributed by atoms with Gasteiger partial charge in [-0.2, -0.15) is 0 Å². The molecule has 0 heterocycles. The van der Waals surface area contributed by atoms with Crippen molar-refractivity contribution in [2.75, 3.05) is 0 Å². The molecular formula is H7AlO4PdSi. The third-order valence-corrected chi connectivity index (χ3v) is 0. The standard InChI is InChI=1S/Al.H4O4Si.Pd.3H/c;1-5(2,3)4;;;;/h;1-4H;;;;. The van der Waals surface area contributed by atoms with Crippen LogP contribution in [-0.4, -0.2) is 45.6 Å². The maximum Gasteiger partial charge on any atom is 0.668 e. The molecule has 4 nitrogen and oxygen atoms in total. The van der Waals surface area contributed by atoms with E-state index in [1.807, 2.05) is 0 Å². The average Bonchev–Trinajstić information content (AvgIpc) is 0.722. The Morgan fingerprint density at radius 3 is 0.857 bits per heavy atom. The van der Waals surface area contributed by atoms with Crippen LogP contribution in [0.1, 0.15) is 0 Å². The molecule has 0 amide bonds. The van der Waals surface area contributed by atoms with E-state index in [1.165, 1.54) is 0 Å². The van der Waals surface area contributed by atoms with Gasteiger partial charge in [-0.1, -0.05) is 0 Å². The fraction of sp³-hybridized carbons (Fsp3) is 0. The molecule has 0 aromatic carbocycles. The predicted octanol–water partition coefficient (Wildman–Crippen LogP) is -3.80. The first kappa shape index (κ1) is 15.7. The summed E-state index contributed by atoms with van der Waals surface area (Å²) >= 11 is 0. The molecular weight excluding hydrogens is 225 g/mol. The van der Waals surface area contributed by atoms with E-state index in [1.54, 1.807) is 0 Å². The van der Waals surface area contributed by atoms with Gasteiger partial charge in [-0.3, -0.25) is 0 Å². The minimum atomic E-state index is -4.61. The summed E-state index contributed by atoms with van der Waals surface area (Å²) in [5.74, 6) is 0. The minimum absolute atomic E-state index is 0. The van der Waals surface area contributed by atoms with Gasteiger partial charge in [0.1, 0.15) is 0 Å². The first-order valence-corrected chi connectivity index (χ1v) is 2.68. The Morgan fingerprint density at radius 2 is 0.857 bits per heavy atom. The first-order valence-electron chi connectivity index (χ1n) is 0.894. The monoisotopic (exact) mass is 232 g/mol. The largest absolute Gasteiger partial charge is 0.668 e. The van der Waals surface area contributed by atoms with E-state index in [2.05, 4.69) is 0 Å². The van der Waals surface area contributed by atoms with E-state index in [4.69, 9.17) is 19.2 Å². The summed E-state index contributed by atoms with van der Waals surface area (Å²) in [5.41, 5.74) is 0. The normalized spacial score (nSPS) is 8.57. The molecule has 0 aromatic rings. The van der Waals surface area contributed by atoms with Gasteiger partial charge in [-0.15, -0.1) is 0 Å². The van der Waals surface area contributed by atoms with E-state index in [0.29, 0.717) is 0 Å². The molecule has 0 fully saturated rings. The van der Waals surface area contributed by atoms with Crippen molar-refractivity contribution >= 4 is 26.4 Å². The molecule has 7 heteroatoms. The molecule has 0 aliphatic heterocycles. The van der Waals surface area contributed by atoms with Crippen LogP contribution >= 0.6 is 0 Å². The van der Waals surface area contributed by atoms with Gasteiger partial charge in [-0.05, 0) is 0 Å². The van der Waals surface area contributed by atoms with Crippen LogP contribution in [0.25, 0.3) is 0 Å². The van der Waals surface area contributed by atoms with Crippen molar-refractivity contribution in [1.29, 1.82) is 0 Å². The second-order valence-electron chi connectivity index (χ2n) is 0.600. The minimum Gasteiger partial charge on any atom is -0.368 e. The smallest absolute Gasteiger partial charge is 0.368 e. The Morgan fingerprint density at radius 1 is 0.857 bits per heavy atom. The Labute approximate surface area is 66.1 Å². The maximum atomic E-state index is 7.33. The van der Waals surface area contributed by atoms with Crippen LogP contribution in [0.15, 0.2) is 0 Å². The zero-order valence-corrected chi connectivity index (χ0v) is 5.16. The Bertz CT molecular complexity index is 27.2. The van der Waals surface area contributed by atoms with Crippen molar-refractivity contribution in [3.8, 4) is 0 Å². The summed E-state index contributed by atoms with van der Waals surface area (Å²) in [6, 6.07) is 0. The fourth-order valence-electron chi connectivity index (χ4n) is 0. The third-order valence-electron chi connectivity index (χ3n) is 0. The number of rotatable bonds is 0. The summed E-state index contributed by atoms with van der Waals surface area (Å²) < 4.78 is 0. The van der Waals surface area contributed by atoms with Crippen LogP contribution in [-0.2, 0) is 20.4 Å². The van der Waals surface area contributed by atoms with Crippen molar-refractivity contribution in [3.05, 3.63) is 0 Å². The first-order chi connectivity index (χ1) is 2.00. The molecule has 0 spiro atoms. The van der Waals surface area contributed by atoms with Crippen molar-refractivity contribution in [2.45, 2.75) is 0 Å². The van der Waals surface area contributed by atoms with Gasteiger partial charge in [0.15, 0.2) is 17.4 Å². The van der Waals surface area contributed by atoms with Gasteiger partial charge in [0.25, 0.3) is 0 Å². The Balaban J connectivity index is -0.0000000800. The Kier molecular flexibility index (Phi) is 12.1. The van der Waals surface area contributed by atoms with E-state index < -0.39 is 9.05 Å². The van der Waals surface area contributed by atoms with Gasteiger partial charge < -0.3 is 19.2 Å². The van der Waals surface area contributed by atoms with Gasteiger partial charge in [0.2, 0.25) is 0 Å². The molecule has 0 unspecified atom stereocenters. The molecule has 7 heavy (non-hydrogen) atoms. The van der Waals surface area contributed by atoms with Crippen molar-refractivity contribution in [1.82, 2.24) is 0 Å². The van der Waals surface area contributed by atoms with Gasteiger partial charge >= 0.3 is 9.05 Å². The molecule has 0 bridgehead atoms. The quantitative estimate of drug-likeness (QED) is 0.323. The topological polar surface area (TPSA) is 80.9 Å². The molecule has 4 N–H and O–H groups in total. The van der Waals surface area contributed by atoms with Crippen molar-refractivity contribution in [3.63, 3.8) is 0 Å². The second-order valence-corrected chi connectivity index (χ2v) is 1.80. The molecule has 0 aliphatic rings. The number of hydrogen-bond acceptors (Lipinski definition) is 4. The van der Waals surface area contributed by atoms with E-state index >= 15 is 0 Å². The summed E-state index contributed by atoms with van der Waals surface area (Å²) in [6.45, 7) is 0. The predicted molar refractivity (Wildman–Crippen MR) is 24.6 cm³/mol. The van der Waals surface area contributed by atoms with Gasteiger partial charge in [0.05, 0.1) is 0 Å². The summed E-state index contributed by atoms with van der Waals surface area (Å²) in [7, 11) is -4.61. The SMILES string of the molecule is O[Si](O)(O)O.[AlH3].[Pd]. The summed E-state index contributed by atoms with van der Waals surface area (Å²) in [6.07, 6.45) is 0. The maximum absolute atomic E-state index is 7.33. The zero-order valence-electron chi connectivity index (χ0n) is 2.61. The van der Waals surface area contributed by atoms with Crippen molar-refractivity contribution in [2.24, 2.45) is 0 Å². The third kappa shape index (κ3) is 128. The van der Waals surface area contributed by atoms with E-state index in [9.17, 15) is 0 Å². The molecule has 0 aromatic heterocycles. The van der Waals surface area contributed by atoms with Crippen LogP contribution in [0.3, 0.4) is 0 Å². The summed E-state index contributed by atoms with van der Waals surface area (Å²) in [5, 5.41) is 0. The molecule has 0 saturated heterocycles. The number of hydrogen-bond donors (Lipinski definition) is 4. The summed E-state index contributed by atoms with van der Waals surface area (Å²) in [4.78, 5) is 29.3. The van der Waals surface area contributed by atoms with Crippen LogP contribution in [0, 0.1) is 0 Å². The molecule has 0 radical (unpaired) electrons. The van der Waals surface area contributed by atoms with E-state index in [0.717, 1.165) is 0 Å².